The molecule has 0 bridgehead atoms. The lowest BCUT2D eigenvalue weighted by Gasteiger charge is -1.94. The van der Waals surface area contributed by atoms with Gasteiger partial charge in [0.2, 0.25) is 0 Å². The minimum atomic E-state index is 0.364. The van der Waals surface area contributed by atoms with E-state index >= 15 is 0 Å². The van der Waals surface area contributed by atoms with E-state index < -0.39 is 0 Å². The van der Waals surface area contributed by atoms with E-state index in [1.807, 2.05) is 0 Å². The fourth-order valence-electron chi connectivity index (χ4n) is 0.826. The number of rotatable bonds is 0. The highest BCUT2D eigenvalue weighted by atomic mass is 15.1. The average Bonchev–Trinajstić information content (AvgIpc) is 2.06. The van der Waals surface area contributed by atoms with Gasteiger partial charge in [0.05, 0.1) is 11.7 Å². The first-order chi connectivity index (χ1) is 5.38. The molecule has 0 spiro atoms. The topological polar surface area (TPSA) is 77.6 Å². The van der Waals surface area contributed by atoms with Crippen molar-refractivity contribution in [2.24, 2.45) is 0 Å². The second-order valence-corrected chi connectivity index (χ2v) is 2.02. The molecule has 2 heterocycles. The normalized spacial score (nSPS) is 10.2. The van der Waals surface area contributed by atoms with E-state index in [2.05, 4.69) is 20.2 Å². The van der Waals surface area contributed by atoms with Crippen LogP contribution in [-0.4, -0.2) is 20.2 Å². The summed E-state index contributed by atoms with van der Waals surface area (Å²) in [7, 11) is 0. The largest absolute Gasteiger partial charge is 0.382 e. The third kappa shape index (κ3) is 0.861. The highest BCUT2D eigenvalue weighted by Gasteiger charge is 1.98. The standard InChI is InChI=1S/C6H5N5/c7-6-5-4(8-3-9-6)1-2-10-11-5/h1-3H,(H2,7,8,9). The number of hydrogen-bond acceptors (Lipinski definition) is 5. The summed E-state index contributed by atoms with van der Waals surface area (Å²) in [6.07, 6.45) is 2.97. The fraction of sp³-hybridized carbons (Fsp3) is 0. The van der Waals surface area contributed by atoms with Crippen LogP contribution in [0.1, 0.15) is 0 Å². The molecular weight excluding hydrogens is 142 g/mol. The van der Waals surface area contributed by atoms with Gasteiger partial charge in [-0.15, -0.1) is 5.10 Å². The van der Waals surface area contributed by atoms with Crippen molar-refractivity contribution < 1.29 is 0 Å². The molecule has 0 radical (unpaired) electrons. The van der Waals surface area contributed by atoms with Crippen molar-refractivity contribution in [2.45, 2.75) is 0 Å². The Morgan fingerprint density at radius 2 is 2.18 bits per heavy atom. The molecule has 0 amide bonds. The van der Waals surface area contributed by atoms with Crippen LogP contribution < -0.4 is 5.73 Å². The van der Waals surface area contributed by atoms with Crippen molar-refractivity contribution >= 4 is 16.9 Å². The lowest BCUT2D eigenvalue weighted by Crippen LogP contribution is -1.95. The summed E-state index contributed by atoms with van der Waals surface area (Å²) >= 11 is 0. The Morgan fingerprint density at radius 1 is 1.27 bits per heavy atom. The van der Waals surface area contributed by atoms with Crippen LogP contribution in [0.15, 0.2) is 18.6 Å². The van der Waals surface area contributed by atoms with Crippen LogP contribution in [0.25, 0.3) is 11.0 Å². The minimum Gasteiger partial charge on any atom is -0.382 e. The Balaban J connectivity index is 2.91. The van der Waals surface area contributed by atoms with Gasteiger partial charge in [-0.05, 0) is 6.07 Å². The molecule has 0 atom stereocenters. The zero-order valence-corrected chi connectivity index (χ0v) is 5.60. The quantitative estimate of drug-likeness (QED) is 0.567. The van der Waals surface area contributed by atoms with Gasteiger partial charge in [-0.1, -0.05) is 0 Å². The molecule has 0 unspecified atom stereocenters. The molecule has 2 rings (SSSR count). The summed E-state index contributed by atoms with van der Waals surface area (Å²) in [5.74, 6) is 0.364. The van der Waals surface area contributed by atoms with Crippen LogP contribution in [0.3, 0.4) is 0 Å². The van der Waals surface area contributed by atoms with Crippen molar-refractivity contribution in [2.75, 3.05) is 5.73 Å². The summed E-state index contributed by atoms with van der Waals surface area (Å²) in [5.41, 5.74) is 6.77. The second kappa shape index (κ2) is 2.12. The molecule has 0 fully saturated rings. The van der Waals surface area contributed by atoms with E-state index in [1.165, 1.54) is 6.33 Å². The summed E-state index contributed by atoms with van der Waals surface area (Å²) in [4.78, 5) is 7.72. The Bertz CT molecular complexity index is 380. The number of fused-ring (bicyclic) bond motifs is 1. The minimum absolute atomic E-state index is 0.364. The summed E-state index contributed by atoms with van der Waals surface area (Å²) in [6, 6.07) is 1.74. The molecular formula is C6H5N5. The highest BCUT2D eigenvalue weighted by Crippen LogP contribution is 2.09. The number of nitrogens with zero attached hydrogens (tertiary/aromatic N) is 4. The third-order valence-corrected chi connectivity index (χ3v) is 1.34. The molecule has 2 aromatic heterocycles. The number of anilines is 1. The van der Waals surface area contributed by atoms with Gasteiger partial charge >= 0.3 is 0 Å². The molecule has 2 N–H and O–H groups in total. The molecule has 0 aliphatic rings. The van der Waals surface area contributed by atoms with Gasteiger partial charge in [0.25, 0.3) is 0 Å². The van der Waals surface area contributed by atoms with Crippen molar-refractivity contribution in [3.05, 3.63) is 18.6 Å². The van der Waals surface area contributed by atoms with Gasteiger partial charge in [0.1, 0.15) is 6.33 Å². The highest BCUT2D eigenvalue weighted by molar-refractivity contribution is 5.82. The van der Waals surface area contributed by atoms with Crippen LogP contribution in [0.4, 0.5) is 5.82 Å². The van der Waals surface area contributed by atoms with Crippen LogP contribution in [0.5, 0.6) is 0 Å². The molecule has 0 aliphatic carbocycles. The van der Waals surface area contributed by atoms with Crippen molar-refractivity contribution in [3.8, 4) is 0 Å². The summed E-state index contributed by atoms with van der Waals surface area (Å²) < 4.78 is 0. The molecule has 0 saturated carbocycles. The van der Waals surface area contributed by atoms with E-state index in [-0.39, 0.29) is 0 Å². The van der Waals surface area contributed by atoms with Gasteiger partial charge in [0, 0.05) is 0 Å². The average molecular weight is 147 g/mol. The van der Waals surface area contributed by atoms with Crippen LogP contribution in [0, 0.1) is 0 Å². The molecule has 2 aromatic rings. The van der Waals surface area contributed by atoms with Gasteiger partial charge in [-0.2, -0.15) is 5.10 Å². The maximum absolute atomic E-state index is 5.50. The molecule has 5 nitrogen and oxygen atoms in total. The van der Waals surface area contributed by atoms with E-state index in [0.717, 1.165) is 0 Å². The van der Waals surface area contributed by atoms with Gasteiger partial charge in [0.15, 0.2) is 11.3 Å². The van der Waals surface area contributed by atoms with Gasteiger partial charge < -0.3 is 5.73 Å². The molecule has 0 saturated heterocycles. The molecule has 0 aromatic carbocycles. The van der Waals surface area contributed by atoms with Crippen molar-refractivity contribution in [3.63, 3.8) is 0 Å². The molecule has 54 valence electrons. The second-order valence-electron chi connectivity index (χ2n) is 2.02. The summed E-state index contributed by atoms with van der Waals surface area (Å²) in [5, 5.41) is 7.44. The summed E-state index contributed by atoms with van der Waals surface area (Å²) in [6.45, 7) is 0. The molecule has 0 aliphatic heterocycles. The number of hydrogen-bond donors (Lipinski definition) is 1. The zero-order valence-electron chi connectivity index (χ0n) is 5.60. The molecule has 11 heavy (non-hydrogen) atoms. The van der Waals surface area contributed by atoms with Gasteiger partial charge in [-0.25, -0.2) is 9.97 Å². The van der Waals surface area contributed by atoms with E-state index in [1.54, 1.807) is 12.3 Å². The fourth-order valence-corrected chi connectivity index (χ4v) is 0.826. The smallest absolute Gasteiger partial charge is 0.155 e. The van der Waals surface area contributed by atoms with Crippen molar-refractivity contribution in [1.82, 2.24) is 20.2 Å². The first-order valence-corrected chi connectivity index (χ1v) is 3.06. The SMILES string of the molecule is Nc1ncnc2ccnnc12. The number of nitrogens with two attached hydrogens (primary N) is 1. The van der Waals surface area contributed by atoms with Gasteiger partial charge in [-0.3, -0.25) is 0 Å². The first kappa shape index (κ1) is 5.96. The predicted octanol–water partition coefficient (Wildman–Crippen LogP) is 0.00200. The van der Waals surface area contributed by atoms with Crippen molar-refractivity contribution in [1.29, 1.82) is 0 Å². The predicted molar refractivity (Wildman–Crippen MR) is 39.5 cm³/mol. The van der Waals surface area contributed by atoms with E-state index in [4.69, 9.17) is 5.73 Å². The lowest BCUT2D eigenvalue weighted by molar-refractivity contribution is 1.06. The van der Waals surface area contributed by atoms with E-state index in [0.29, 0.717) is 16.9 Å². The maximum Gasteiger partial charge on any atom is 0.155 e. The van der Waals surface area contributed by atoms with Crippen LogP contribution >= 0.6 is 0 Å². The first-order valence-electron chi connectivity index (χ1n) is 3.06. The Kier molecular flexibility index (Phi) is 1.15. The number of aromatic nitrogens is 4. The van der Waals surface area contributed by atoms with E-state index in [9.17, 15) is 0 Å². The third-order valence-electron chi connectivity index (χ3n) is 1.34. The van der Waals surface area contributed by atoms with Crippen LogP contribution in [-0.2, 0) is 0 Å². The Morgan fingerprint density at radius 3 is 3.00 bits per heavy atom. The van der Waals surface area contributed by atoms with Crippen LogP contribution in [0.2, 0.25) is 0 Å². The Labute approximate surface area is 62.3 Å². The lowest BCUT2D eigenvalue weighted by atomic mass is 10.4. The Hall–Kier alpha value is -1.78. The monoisotopic (exact) mass is 147 g/mol. The zero-order chi connectivity index (χ0) is 7.68. The maximum atomic E-state index is 5.50. The molecule has 5 heteroatoms. The number of nitrogen functional groups attached to an aromatic ring is 1.